The fourth-order valence-electron chi connectivity index (χ4n) is 2.29. The predicted octanol–water partition coefficient (Wildman–Crippen LogP) is 0.750. The van der Waals surface area contributed by atoms with Gasteiger partial charge >= 0.3 is 0 Å². The van der Waals surface area contributed by atoms with Crippen LogP contribution in [0.15, 0.2) is 30.3 Å². The molecule has 0 bridgehead atoms. The normalized spacial score (nSPS) is 13.2. The minimum atomic E-state index is -0.746. The zero-order chi connectivity index (χ0) is 17.4. The molecule has 4 N–H and O–H groups in total. The van der Waals surface area contributed by atoms with Gasteiger partial charge in [-0.3, -0.25) is 14.4 Å². The molecule has 126 valence electrons. The molecular weight excluding hydrogens is 294 g/mol. The van der Waals surface area contributed by atoms with Crippen molar-refractivity contribution in [2.24, 2.45) is 11.7 Å². The first-order valence-corrected chi connectivity index (χ1v) is 7.70. The molecule has 0 aliphatic carbocycles. The van der Waals surface area contributed by atoms with Gasteiger partial charge in [0.2, 0.25) is 17.7 Å². The average Bonchev–Trinajstić information content (AvgIpc) is 2.45. The fourth-order valence-corrected chi connectivity index (χ4v) is 2.29. The lowest BCUT2D eigenvalue weighted by molar-refractivity contribution is -0.131. The van der Waals surface area contributed by atoms with Crippen molar-refractivity contribution in [1.82, 2.24) is 10.6 Å². The van der Waals surface area contributed by atoms with E-state index in [1.54, 1.807) is 0 Å². The topological polar surface area (TPSA) is 101 Å². The predicted molar refractivity (Wildman–Crippen MR) is 88.3 cm³/mol. The summed E-state index contributed by atoms with van der Waals surface area (Å²) in [6.45, 7) is 5.24. The van der Waals surface area contributed by atoms with Gasteiger partial charge in [-0.1, -0.05) is 44.2 Å². The number of primary amides is 1. The van der Waals surface area contributed by atoms with Crippen LogP contribution in [0.1, 0.15) is 32.8 Å². The van der Waals surface area contributed by atoms with E-state index in [9.17, 15) is 14.4 Å². The Morgan fingerprint density at radius 2 is 1.65 bits per heavy atom. The van der Waals surface area contributed by atoms with Gasteiger partial charge in [0.05, 0.1) is 0 Å². The molecule has 0 aliphatic heterocycles. The number of amides is 3. The van der Waals surface area contributed by atoms with Gasteiger partial charge in [0.15, 0.2) is 0 Å². The third-order valence-electron chi connectivity index (χ3n) is 3.34. The highest BCUT2D eigenvalue weighted by atomic mass is 16.2. The SMILES string of the molecule is CC(=O)N[C@H](Cc1ccccc1)C(=O)N[C@@H](CC(C)C)C(N)=O. The van der Waals surface area contributed by atoms with Gasteiger partial charge in [-0.05, 0) is 17.9 Å². The highest BCUT2D eigenvalue weighted by molar-refractivity contribution is 5.91. The Balaban J connectivity index is 2.82. The zero-order valence-electron chi connectivity index (χ0n) is 13.8. The molecule has 1 aromatic carbocycles. The summed E-state index contributed by atoms with van der Waals surface area (Å²) < 4.78 is 0. The molecule has 1 aromatic rings. The van der Waals surface area contributed by atoms with Crippen molar-refractivity contribution in [2.45, 2.75) is 45.7 Å². The molecule has 0 radical (unpaired) electrons. The monoisotopic (exact) mass is 319 g/mol. The lowest BCUT2D eigenvalue weighted by Crippen LogP contribution is -2.53. The quantitative estimate of drug-likeness (QED) is 0.659. The minimum Gasteiger partial charge on any atom is -0.368 e. The van der Waals surface area contributed by atoms with E-state index in [0.29, 0.717) is 12.8 Å². The first-order valence-electron chi connectivity index (χ1n) is 7.70. The third kappa shape index (κ3) is 6.95. The number of benzene rings is 1. The number of hydrogen-bond acceptors (Lipinski definition) is 3. The van der Waals surface area contributed by atoms with Crippen molar-refractivity contribution in [2.75, 3.05) is 0 Å². The van der Waals surface area contributed by atoms with Crippen LogP contribution in [0.2, 0.25) is 0 Å². The standard InChI is InChI=1S/C17H25N3O3/c1-11(2)9-14(16(18)22)20-17(23)15(19-12(3)21)10-13-7-5-4-6-8-13/h4-8,11,14-15H,9-10H2,1-3H3,(H2,18,22)(H,19,21)(H,20,23)/t14-,15+/m0/s1. The molecule has 0 fully saturated rings. The average molecular weight is 319 g/mol. The number of nitrogens with two attached hydrogens (primary N) is 1. The second kappa shape index (κ2) is 8.92. The van der Waals surface area contributed by atoms with Crippen LogP contribution in [0.3, 0.4) is 0 Å². The van der Waals surface area contributed by atoms with E-state index < -0.39 is 23.9 Å². The highest BCUT2D eigenvalue weighted by Crippen LogP contribution is 2.07. The van der Waals surface area contributed by atoms with Gasteiger partial charge in [0, 0.05) is 13.3 Å². The summed E-state index contributed by atoms with van der Waals surface area (Å²) in [7, 11) is 0. The molecule has 6 nitrogen and oxygen atoms in total. The zero-order valence-corrected chi connectivity index (χ0v) is 13.8. The van der Waals surface area contributed by atoms with Gasteiger partial charge in [0.1, 0.15) is 12.1 Å². The number of carbonyl (C=O) groups excluding carboxylic acids is 3. The summed E-state index contributed by atoms with van der Waals surface area (Å²) in [6.07, 6.45) is 0.804. The van der Waals surface area contributed by atoms with Crippen molar-refractivity contribution >= 4 is 17.7 Å². The Morgan fingerprint density at radius 3 is 2.13 bits per heavy atom. The van der Waals surface area contributed by atoms with Gasteiger partial charge < -0.3 is 16.4 Å². The molecule has 23 heavy (non-hydrogen) atoms. The van der Waals surface area contributed by atoms with E-state index in [1.807, 2.05) is 44.2 Å². The summed E-state index contributed by atoms with van der Waals surface area (Å²) in [5, 5.41) is 5.27. The molecule has 0 aliphatic rings. The third-order valence-corrected chi connectivity index (χ3v) is 3.34. The summed E-state index contributed by atoms with van der Waals surface area (Å²) >= 11 is 0. The summed E-state index contributed by atoms with van der Waals surface area (Å²) in [4.78, 5) is 35.3. The Morgan fingerprint density at radius 1 is 1.04 bits per heavy atom. The first kappa shape index (κ1) is 18.7. The maximum atomic E-state index is 12.4. The van der Waals surface area contributed by atoms with Crippen LogP contribution < -0.4 is 16.4 Å². The molecule has 0 aromatic heterocycles. The van der Waals surface area contributed by atoms with Crippen molar-refractivity contribution < 1.29 is 14.4 Å². The first-order chi connectivity index (χ1) is 10.8. The van der Waals surface area contributed by atoms with E-state index >= 15 is 0 Å². The largest absolute Gasteiger partial charge is 0.368 e. The van der Waals surface area contributed by atoms with E-state index in [2.05, 4.69) is 10.6 Å². The van der Waals surface area contributed by atoms with Gasteiger partial charge in [0.25, 0.3) is 0 Å². The number of hydrogen-bond donors (Lipinski definition) is 3. The number of carbonyl (C=O) groups is 3. The van der Waals surface area contributed by atoms with Crippen LogP contribution in [-0.4, -0.2) is 29.8 Å². The summed E-state index contributed by atoms with van der Waals surface area (Å²) in [6, 6.07) is 7.87. The van der Waals surface area contributed by atoms with Gasteiger partial charge in [-0.2, -0.15) is 0 Å². The summed E-state index contributed by atoms with van der Waals surface area (Å²) in [5.41, 5.74) is 6.26. The second-order valence-corrected chi connectivity index (χ2v) is 6.04. The molecule has 0 spiro atoms. The Kier molecular flexibility index (Phi) is 7.25. The minimum absolute atomic E-state index is 0.209. The van der Waals surface area contributed by atoms with Crippen LogP contribution in [-0.2, 0) is 20.8 Å². The molecule has 0 saturated heterocycles. The van der Waals surface area contributed by atoms with Crippen molar-refractivity contribution in [1.29, 1.82) is 0 Å². The number of rotatable bonds is 8. The van der Waals surface area contributed by atoms with Crippen LogP contribution in [0.5, 0.6) is 0 Å². The molecule has 0 unspecified atom stereocenters. The van der Waals surface area contributed by atoms with Gasteiger partial charge in [-0.15, -0.1) is 0 Å². The fraction of sp³-hybridized carbons (Fsp3) is 0.471. The van der Waals surface area contributed by atoms with Crippen LogP contribution in [0.4, 0.5) is 0 Å². The maximum absolute atomic E-state index is 12.4. The van der Waals surface area contributed by atoms with Crippen LogP contribution in [0, 0.1) is 5.92 Å². The Bertz CT molecular complexity index is 543. The van der Waals surface area contributed by atoms with E-state index in [1.165, 1.54) is 6.92 Å². The van der Waals surface area contributed by atoms with Crippen molar-refractivity contribution in [3.63, 3.8) is 0 Å². The van der Waals surface area contributed by atoms with Gasteiger partial charge in [-0.25, -0.2) is 0 Å². The molecular formula is C17H25N3O3. The van der Waals surface area contributed by atoms with Crippen LogP contribution >= 0.6 is 0 Å². The lowest BCUT2D eigenvalue weighted by Gasteiger charge is -2.22. The Hall–Kier alpha value is -2.37. The molecule has 0 saturated carbocycles. The highest BCUT2D eigenvalue weighted by Gasteiger charge is 2.25. The van der Waals surface area contributed by atoms with E-state index in [0.717, 1.165) is 5.56 Å². The van der Waals surface area contributed by atoms with Crippen molar-refractivity contribution in [3.05, 3.63) is 35.9 Å². The van der Waals surface area contributed by atoms with E-state index in [4.69, 9.17) is 5.73 Å². The van der Waals surface area contributed by atoms with Crippen molar-refractivity contribution in [3.8, 4) is 0 Å². The summed E-state index contributed by atoms with van der Waals surface area (Å²) in [5.74, 6) is -1.08. The molecule has 1 rings (SSSR count). The molecule has 6 heteroatoms. The smallest absolute Gasteiger partial charge is 0.243 e. The van der Waals surface area contributed by atoms with E-state index in [-0.39, 0.29) is 11.8 Å². The van der Waals surface area contributed by atoms with Crippen LogP contribution in [0.25, 0.3) is 0 Å². The molecule has 2 atom stereocenters. The second-order valence-electron chi connectivity index (χ2n) is 6.04. The molecule has 3 amide bonds. The maximum Gasteiger partial charge on any atom is 0.243 e. The Labute approximate surface area is 136 Å². The molecule has 0 heterocycles. The lowest BCUT2D eigenvalue weighted by atomic mass is 10.0. The number of nitrogens with one attached hydrogen (secondary N) is 2.